The molecule has 1 atom stereocenters. The minimum atomic E-state index is -3.55. The highest BCUT2D eigenvalue weighted by Gasteiger charge is 2.35. The molecule has 7 nitrogen and oxygen atoms in total. The third-order valence-corrected chi connectivity index (χ3v) is 9.23. The van der Waals surface area contributed by atoms with Crippen molar-refractivity contribution in [1.29, 1.82) is 0 Å². The van der Waals surface area contributed by atoms with Crippen molar-refractivity contribution in [1.82, 2.24) is 14.1 Å². The highest BCUT2D eigenvalue weighted by molar-refractivity contribution is 7.91. The first-order chi connectivity index (χ1) is 15.0. The van der Waals surface area contributed by atoms with Crippen LogP contribution in [0.1, 0.15) is 30.5 Å². The molecule has 1 fully saturated rings. The summed E-state index contributed by atoms with van der Waals surface area (Å²) < 4.78 is 29.4. The summed E-state index contributed by atoms with van der Waals surface area (Å²) in [6.07, 6.45) is 4.17. The van der Waals surface area contributed by atoms with Gasteiger partial charge in [0.05, 0.1) is 17.3 Å². The number of carbonyl (C=O) groups excluding carboxylic acids is 1. The average Bonchev–Trinajstić information content (AvgIpc) is 3.54. The Bertz CT molecular complexity index is 1190. The number of nitrogens with one attached hydrogen (secondary N) is 1. The molecule has 1 aliphatic heterocycles. The molecular weight excluding hydrogens is 432 g/mol. The Hall–Kier alpha value is -2.49. The first-order valence-electron chi connectivity index (χ1n) is 10.5. The van der Waals surface area contributed by atoms with Crippen LogP contribution < -0.4 is 5.32 Å². The zero-order chi connectivity index (χ0) is 21.4. The number of anilines is 1. The molecule has 0 saturated carbocycles. The molecule has 2 aliphatic rings. The minimum Gasteiger partial charge on any atom is -0.310 e. The van der Waals surface area contributed by atoms with E-state index in [0.29, 0.717) is 23.6 Å². The quantitative estimate of drug-likeness (QED) is 0.637. The van der Waals surface area contributed by atoms with E-state index >= 15 is 0 Å². The predicted octanol–water partition coefficient (Wildman–Crippen LogP) is 3.46. The predicted molar refractivity (Wildman–Crippen MR) is 120 cm³/mol. The Kier molecular flexibility index (Phi) is 5.41. The zero-order valence-corrected chi connectivity index (χ0v) is 18.7. The van der Waals surface area contributed by atoms with Gasteiger partial charge in [0.15, 0.2) is 0 Å². The second kappa shape index (κ2) is 8.22. The fourth-order valence-electron chi connectivity index (χ4n) is 4.41. The fourth-order valence-corrected chi connectivity index (χ4v) is 7.08. The third kappa shape index (κ3) is 3.81. The van der Waals surface area contributed by atoms with Gasteiger partial charge in [-0.1, -0.05) is 24.3 Å². The van der Waals surface area contributed by atoms with Crippen molar-refractivity contribution in [3.63, 3.8) is 0 Å². The van der Waals surface area contributed by atoms with Crippen LogP contribution in [0.4, 0.5) is 5.82 Å². The van der Waals surface area contributed by atoms with Gasteiger partial charge in [-0.05, 0) is 55.7 Å². The maximum absolute atomic E-state index is 13.2. The van der Waals surface area contributed by atoms with E-state index in [1.807, 2.05) is 35.0 Å². The number of para-hydroxylation sites is 1. The molecular formula is C22H24N4O3S2. The van der Waals surface area contributed by atoms with E-state index in [1.54, 1.807) is 17.5 Å². The molecule has 9 heteroatoms. The van der Waals surface area contributed by atoms with Crippen molar-refractivity contribution >= 4 is 33.1 Å². The van der Waals surface area contributed by atoms with Gasteiger partial charge in [0.2, 0.25) is 5.91 Å². The highest BCUT2D eigenvalue weighted by Crippen LogP contribution is 2.32. The number of thiophene rings is 1. The number of nitrogens with zero attached hydrogens (tertiary/aromatic N) is 3. The molecule has 1 aromatic carbocycles. The van der Waals surface area contributed by atoms with Gasteiger partial charge in [0.1, 0.15) is 10.0 Å². The molecule has 1 saturated heterocycles. The van der Waals surface area contributed by atoms with E-state index in [9.17, 15) is 13.2 Å². The lowest BCUT2D eigenvalue weighted by Crippen LogP contribution is -2.43. The Labute approximate surface area is 185 Å². The van der Waals surface area contributed by atoms with Crippen LogP contribution in [0.2, 0.25) is 0 Å². The Balaban J connectivity index is 1.38. The minimum absolute atomic E-state index is 0.141. The number of piperidine rings is 1. The SMILES string of the molecule is O=C(Nc1c2c(nn1-c1ccccc1)CCC2)C1CCCN(S(=O)(=O)c2cccs2)C1. The van der Waals surface area contributed by atoms with Gasteiger partial charge < -0.3 is 5.32 Å². The van der Waals surface area contributed by atoms with E-state index in [2.05, 4.69) is 5.32 Å². The maximum Gasteiger partial charge on any atom is 0.252 e. The van der Waals surface area contributed by atoms with Crippen LogP contribution in [0.25, 0.3) is 5.69 Å². The lowest BCUT2D eigenvalue weighted by Gasteiger charge is -2.30. The summed E-state index contributed by atoms with van der Waals surface area (Å²) in [7, 11) is -3.55. The summed E-state index contributed by atoms with van der Waals surface area (Å²) in [5, 5.41) is 9.61. The normalized spacial score (nSPS) is 19.3. The number of carbonyl (C=O) groups is 1. The fraction of sp³-hybridized carbons (Fsp3) is 0.364. The van der Waals surface area contributed by atoms with Crippen molar-refractivity contribution in [3.8, 4) is 5.69 Å². The molecule has 2 aromatic heterocycles. The van der Waals surface area contributed by atoms with Crippen LogP contribution in [0.5, 0.6) is 0 Å². The van der Waals surface area contributed by atoms with Crippen molar-refractivity contribution in [2.45, 2.75) is 36.3 Å². The van der Waals surface area contributed by atoms with Gasteiger partial charge in [0.25, 0.3) is 10.0 Å². The molecule has 31 heavy (non-hydrogen) atoms. The lowest BCUT2D eigenvalue weighted by molar-refractivity contribution is -0.120. The van der Waals surface area contributed by atoms with Crippen LogP contribution >= 0.6 is 11.3 Å². The Morgan fingerprint density at radius 3 is 2.71 bits per heavy atom. The second-order valence-electron chi connectivity index (χ2n) is 8.00. The van der Waals surface area contributed by atoms with Gasteiger partial charge in [0, 0.05) is 18.7 Å². The summed E-state index contributed by atoms with van der Waals surface area (Å²) >= 11 is 1.21. The number of hydrogen-bond acceptors (Lipinski definition) is 5. The Morgan fingerprint density at radius 1 is 1.10 bits per heavy atom. The number of sulfonamides is 1. The van der Waals surface area contributed by atoms with E-state index in [-0.39, 0.29) is 18.4 Å². The van der Waals surface area contributed by atoms with Gasteiger partial charge in [-0.2, -0.15) is 9.40 Å². The molecule has 0 spiro atoms. The van der Waals surface area contributed by atoms with Crippen molar-refractivity contribution < 1.29 is 13.2 Å². The van der Waals surface area contributed by atoms with E-state index in [1.165, 1.54) is 15.6 Å². The summed E-state index contributed by atoms with van der Waals surface area (Å²) in [6.45, 7) is 0.648. The lowest BCUT2D eigenvalue weighted by atomic mass is 9.99. The summed E-state index contributed by atoms with van der Waals surface area (Å²) in [5.41, 5.74) is 3.03. The number of benzene rings is 1. The van der Waals surface area contributed by atoms with Crippen LogP contribution in [0.15, 0.2) is 52.1 Å². The first-order valence-corrected chi connectivity index (χ1v) is 12.9. The van der Waals surface area contributed by atoms with Crippen LogP contribution in [-0.2, 0) is 27.7 Å². The number of aromatic nitrogens is 2. The third-order valence-electron chi connectivity index (χ3n) is 5.99. The summed E-state index contributed by atoms with van der Waals surface area (Å²) in [4.78, 5) is 13.2. The van der Waals surface area contributed by atoms with E-state index in [0.717, 1.165) is 42.0 Å². The number of fused-ring (bicyclic) bond motifs is 1. The van der Waals surface area contributed by atoms with E-state index in [4.69, 9.17) is 5.10 Å². The molecule has 5 rings (SSSR count). The van der Waals surface area contributed by atoms with Crippen LogP contribution in [0, 0.1) is 5.92 Å². The van der Waals surface area contributed by atoms with Crippen molar-refractivity contribution in [2.75, 3.05) is 18.4 Å². The van der Waals surface area contributed by atoms with Crippen LogP contribution in [-0.4, -0.2) is 41.5 Å². The molecule has 3 aromatic rings. The molecule has 0 radical (unpaired) electrons. The summed E-state index contributed by atoms with van der Waals surface area (Å²) in [6, 6.07) is 13.1. The maximum atomic E-state index is 13.2. The smallest absolute Gasteiger partial charge is 0.252 e. The first kappa shape index (κ1) is 20.4. The molecule has 1 aliphatic carbocycles. The Morgan fingerprint density at radius 2 is 1.94 bits per heavy atom. The van der Waals surface area contributed by atoms with Crippen molar-refractivity contribution in [3.05, 3.63) is 59.1 Å². The molecule has 1 unspecified atom stereocenters. The largest absolute Gasteiger partial charge is 0.310 e. The summed E-state index contributed by atoms with van der Waals surface area (Å²) in [5.74, 6) is 0.194. The monoisotopic (exact) mass is 456 g/mol. The zero-order valence-electron chi connectivity index (χ0n) is 17.0. The van der Waals surface area contributed by atoms with Gasteiger partial charge in [-0.25, -0.2) is 13.1 Å². The number of rotatable bonds is 5. The van der Waals surface area contributed by atoms with Gasteiger partial charge in [-0.15, -0.1) is 11.3 Å². The number of hydrogen-bond donors (Lipinski definition) is 1. The number of aryl methyl sites for hydroxylation is 1. The molecule has 162 valence electrons. The molecule has 1 N–H and O–H groups in total. The second-order valence-corrected chi connectivity index (χ2v) is 11.1. The highest BCUT2D eigenvalue weighted by atomic mass is 32.2. The van der Waals surface area contributed by atoms with Gasteiger partial charge >= 0.3 is 0 Å². The average molecular weight is 457 g/mol. The molecule has 3 heterocycles. The molecule has 1 amide bonds. The van der Waals surface area contributed by atoms with Gasteiger partial charge in [-0.3, -0.25) is 4.79 Å². The standard InChI is InChI=1S/C22H24N4O3S2/c27-22(16-7-5-13-25(15-16)31(28,29)20-12-6-14-30-20)23-21-18-10-4-11-19(18)24-26(21)17-8-2-1-3-9-17/h1-3,6,8-9,12,14,16H,4-5,7,10-11,13,15H2,(H,23,27). The number of amides is 1. The van der Waals surface area contributed by atoms with E-state index < -0.39 is 10.0 Å². The van der Waals surface area contributed by atoms with Crippen molar-refractivity contribution in [2.24, 2.45) is 5.92 Å². The molecule has 0 bridgehead atoms. The topological polar surface area (TPSA) is 84.3 Å². The van der Waals surface area contributed by atoms with Crippen LogP contribution in [0.3, 0.4) is 0 Å².